The smallest absolute Gasteiger partial charge is 0.248 e. The molecule has 1 aromatic heterocycles. The average Bonchev–Trinajstić information content (AvgIpc) is 3.16. The summed E-state index contributed by atoms with van der Waals surface area (Å²) >= 11 is 2.29. The van der Waals surface area contributed by atoms with Crippen molar-refractivity contribution in [2.24, 2.45) is 0 Å². The molecule has 0 amide bonds. The first-order valence-electron chi connectivity index (χ1n) is 7.94. The van der Waals surface area contributed by atoms with Gasteiger partial charge in [0.05, 0.1) is 14.2 Å². The molecule has 4 rings (SSSR count). The summed E-state index contributed by atoms with van der Waals surface area (Å²) in [5, 5.41) is 15.3. The molecule has 3 aromatic rings. The van der Waals surface area contributed by atoms with Crippen molar-refractivity contribution < 1.29 is 9.47 Å². The maximum absolute atomic E-state index is 5.44. The second-order valence-corrected chi connectivity index (χ2v) is 6.96. The molecular formula is C18H16IN5O2. The number of hydrogen-bond donors (Lipinski definition) is 1. The third-order valence-corrected chi connectivity index (χ3v) is 4.95. The number of benzene rings is 2. The fraction of sp³-hybridized carbons (Fsp3) is 0.167. The second-order valence-electron chi connectivity index (χ2n) is 5.72. The van der Waals surface area contributed by atoms with Gasteiger partial charge in [-0.05, 0) is 74.5 Å². The molecule has 8 heteroatoms. The summed E-state index contributed by atoms with van der Waals surface area (Å²) in [4.78, 5) is 0. The monoisotopic (exact) mass is 461 g/mol. The summed E-state index contributed by atoms with van der Waals surface area (Å²) in [6.07, 6.45) is 2.10. The first-order chi connectivity index (χ1) is 12.7. The Labute approximate surface area is 164 Å². The number of hydrogen-bond acceptors (Lipinski definition) is 6. The van der Waals surface area contributed by atoms with Crippen LogP contribution in [0.5, 0.6) is 11.5 Å². The van der Waals surface area contributed by atoms with E-state index in [1.807, 2.05) is 18.2 Å². The van der Waals surface area contributed by atoms with Crippen LogP contribution in [0.25, 0.3) is 5.70 Å². The molecule has 0 radical (unpaired) electrons. The van der Waals surface area contributed by atoms with Crippen molar-refractivity contribution in [1.29, 1.82) is 0 Å². The first-order valence-corrected chi connectivity index (χ1v) is 9.02. The van der Waals surface area contributed by atoms with Crippen LogP contribution in [0.3, 0.4) is 0 Å². The van der Waals surface area contributed by atoms with Crippen molar-refractivity contribution in [3.63, 3.8) is 0 Å². The number of anilines is 1. The molecule has 0 aliphatic carbocycles. The van der Waals surface area contributed by atoms with Crippen LogP contribution < -0.4 is 14.8 Å². The van der Waals surface area contributed by atoms with Gasteiger partial charge in [-0.3, -0.25) is 0 Å². The molecule has 132 valence electrons. The van der Waals surface area contributed by atoms with Crippen LogP contribution in [0.1, 0.15) is 17.2 Å². The van der Waals surface area contributed by atoms with E-state index < -0.39 is 0 Å². The van der Waals surface area contributed by atoms with Gasteiger partial charge in [0.1, 0.15) is 6.04 Å². The average molecular weight is 461 g/mol. The van der Waals surface area contributed by atoms with E-state index >= 15 is 0 Å². The predicted octanol–water partition coefficient (Wildman–Crippen LogP) is 3.35. The maximum atomic E-state index is 5.44. The van der Waals surface area contributed by atoms with Gasteiger partial charge in [0.15, 0.2) is 11.5 Å². The highest BCUT2D eigenvalue weighted by molar-refractivity contribution is 14.1. The van der Waals surface area contributed by atoms with Gasteiger partial charge in [0.2, 0.25) is 5.95 Å². The number of tetrazole rings is 1. The summed E-state index contributed by atoms with van der Waals surface area (Å²) in [6.45, 7) is 0. The number of rotatable bonds is 4. The second kappa shape index (κ2) is 6.94. The van der Waals surface area contributed by atoms with E-state index in [1.165, 1.54) is 3.57 Å². The largest absolute Gasteiger partial charge is 0.493 e. The van der Waals surface area contributed by atoms with E-state index in [-0.39, 0.29) is 6.04 Å². The normalized spacial score (nSPS) is 15.7. The number of halogens is 1. The van der Waals surface area contributed by atoms with Crippen molar-refractivity contribution in [3.05, 3.63) is 63.2 Å². The van der Waals surface area contributed by atoms with Gasteiger partial charge in [0, 0.05) is 9.27 Å². The molecular weight excluding hydrogens is 445 g/mol. The lowest BCUT2D eigenvalue weighted by atomic mass is 10.0. The Morgan fingerprint density at radius 2 is 1.81 bits per heavy atom. The van der Waals surface area contributed by atoms with Crippen LogP contribution in [0, 0.1) is 3.57 Å². The molecule has 2 heterocycles. The van der Waals surface area contributed by atoms with Crippen molar-refractivity contribution in [3.8, 4) is 11.5 Å². The Morgan fingerprint density at radius 3 is 2.54 bits per heavy atom. The van der Waals surface area contributed by atoms with Crippen LogP contribution >= 0.6 is 22.6 Å². The van der Waals surface area contributed by atoms with Crippen molar-refractivity contribution in [2.45, 2.75) is 6.04 Å². The highest BCUT2D eigenvalue weighted by atomic mass is 127. The number of nitrogens with zero attached hydrogens (tertiary/aromatic N) is 4. The first kappa shape index (κ1) is 16.8. The Balaban J connectivity index is 1.80. The molecule has 0 bridgehead atoms. The van der Waals surface area contributed by atoms with Gasteiger partial charge in [-0.2, -0.15) is 4.68 Å². The summed E-state index contributed by atoms with van der Waals surface area (Å²) < 4.78 is 13.7. The molecule has 26 heavy (non-hydrogen) atoms. The summed E-state index contributed by atoms with van der Waals surface area (Å²) in [5.74, 6) is 1.95. The van der Waals surface area contributed by atoms with E-state index in [0.717, 1.165) is 16.8 Å². The molecule has 1 unspecified atom stereocenters. The van der Waals surface area contributed by atoms with Crippen molar-refractivity contribution in [1.82, 2.24) is 20.2 Å². The number of nitrogens with one attached hydrogen (secondary N) is 1. The molecule has 1 N–H and O–H groups in total. The van der Waals surface area contributed by atoms with Gasteiger partial charge in [0.25, 0.3) is 0 Å². The molecule has 0 fully saturated rings. The molecule has 1 aliphatic heterocycles. The summed E-state index contributed by atoms with van der Waals surface area (Å²) in [5.41, 5.74) is 3.04. The van der Waals surface area contributed by atoms with E-state index in [1.54, 1.807) is 18.9 Å². The van der Waals surface area contributed by atoms with Gasteiger partial charge >= 0.3 is 0 Å². The molecule has 1 atom stereocenters. The van der Waals surface area contributed by atoms with Gasteiger partial charge in [-0.25, -0.2) is 0 Å². The fourth-order valence-electron chi connectivity index (χ4n) is 2.93. The number of allylic oxidation sites excluding steroid dienone is 1. The third kappa shape index (κ3) is 3.00. The quantitative estimate of drug-likeness (QED) is 0.601. The summed E-state index contributed by atoms with van der Waals surface area (Å²) in [7, 11) is 3.25. The number of ether oxygens (including phenoxy) is 2. The highest BCUT2D eigenvalue weighted by Gasteiger charge is 2.25. The molecule has 2 aromatic carbocycles. The highest BCUT2D eigenvalue weighted by Crippen LogP contribution is 2.36. The number of fused-ring (bicyclic) bond motifs is 1. The SMILES string of the molecule is COc1ccc(C2C=C(c3ccc(I)cc3)Nc3nnnn32)cc1OC. The molecule has 0 spiro atoms. The zero-order valence-electron chi connectivity index (χ0n) is 14.2. The zero-order valence-corrected chi connectivity index (χ0v) is 16.3. The van der Waals surface area contributed by atoms with Crippen molar-refractivity contribution >= 4 is 34.2 Å². The Hall–Kier alpha value is -2.62. The van der Waals surface area contributed by atoms with Crippen LogP contribution in [0.15, 0.2) is 48.5 Å². The number of methoxy groups -OCH3 is 2. The lowest BCUT2D eigenvalue weighted by Crippen LogP contribution is -2.20. The van der Waals surface area contributed by atoms with E-state index in [9.17, 15) is 0 Å². The van der Waals surface area contributed by atoms with Gasteiger partial charge < -0.3 is 14.8 Å². The maximum Gasteiger partial charge on any atom is 0.248 e. The fourth-order valence-corrected chi connectivity index (χ4v) is 3.29. The predicted molar refractivity (Wildman–Crippen MR) is 106 cm³/mol. The minimum Gasteiger partial charge on any atom is -0.493 e. The minimum atomic E-state index is -0.157. The van der Waals surface area contributed by atoms with E-state index in [4.69, 9.17) is 9.47 Å². The van der Waals surface area contributed by atoms with Crippen LogP contribution in [0.2, 0.25) is 0 Å². The van der Waals surface area contributed by atoms with E-state index in [2.05, 4.69) is 73.8 Å². The summed E-state index contributed by atoms with van der Waals surface area (Å²) in [6, 6.07) is 14.0. The van der Waals surface area contributed by atoms with Gasteiger partial charge in [-0.1, -0.05) is 23.3 Å². The Kier molecular flexibility index (Phi) is 4.49. The zero-order chi connectivity index (χ0) is 18.1. The third-order valence-electron chi connectivity index (χ3n) is 4.23. The number of aromatic nitrogens is 4. The van der Waals surface area contributed by atoms with Crippen molar-refractivity contribution in [2.75, 3.05) is 19.5 Å². The minimum absolute atomic E-state index is 0.157. The molecule has 7 nitrogen and oxygen atoms in total. The Bertz CT molecular complexity index is 968. The Morgan fingerprint density at radius 1 is 1.04 bits per heavy atom. The topological polar surface area (TPSA) is 74.1 Å². The van der Waals surface area contributed by atoms with Gasteiger partial charge in [-0.15, -0.1) is 0 Å². The molecule has 0 saturated heterocycles. The van der Waals surface area contributed by atoms with Crippen LogP contribution in [-0.4, -0.2) is 34.4 Å². The standard InChI is InChI=1S/C18H16IN5O2/c1-25-16-8-5-12(9-17(16)26-2)15-10-14(11-3-6-13(19)7-4-11)20-18-21-22-23-24(15)18/h3-10,15H,1-2H3,(H,20,21,23). The lowest BCUT2D eigenvalue weighted by Gasteiger charge is -2.24. The molecule has 1 aliphatic rings. The molecule has 0 saturated carbocycles. The lowest BCUT2D eigenvalue weighted by molar-refractivity contribution is 0.354. The van der Waals surface area contributed by atoms with E-state index in [0.29, 0.717) is 17.4 Å². The van der Waals surface area contributed by atoms with Crippen LogP contribution in [0.4, 0.5) is 5.95 Å². The van der Waals surface area contributed by atoms with Crippen LogP contribution in [-0.2, 0) is 0 Å².